The Morgan fingerprint density at radius 1 is 1.29 bits per heavy atom. The summed E-state index contributed by atoms with van der Waals surface area (Å²) in [7, 11) is 0. The number of benzene rings is 1. The zero-order chi connectivity index (χ0) is 12.7. The van der Waals surface area contributed by atoms with Gasteiger partial charge >= 0.3 is 5.97 Å². The molecule has 0 spiro atoms. The molecule has 0 saturated carbocycles. The van der Waals surface area contributed by atoms with E-state index in [-0.39, 0.29) is 5.97 Å². The maximum absolute atomic E-state index is 11.9. The first kappa shape index (κ1) is 13.4. The third-order valence-corrected chi connectivity index (χ3v) is 2.63. The molecule has 0 fully saturated rings. The second-order valence-electron chi connectivity index (χ2n) is 3.73. The van der Waals surface area contributed by atoms with Crippen LogP contribution in [0.5, 0.6) is 0 Å². The summed E-state index contributed by atoms with van der Waals surface area (Å²) in [5, 5.41) is 0. The maximum Gasteiger partial charge on any atom is 0.338 e. The van der Waals surface area contributed by atoms with Crippen molar-refractivity contribution in [3.63, 3.8) is 0 Å². The van der Waals surface area contributed by atoms with E-state index in [1.807, 2.05) is 25.1 Å². The van der Waals surface area contributed by atoms with Crippen molar-refractivity contribution in [3.8, 4) is 0 Å². The van der Waals surface area contributed by atoms with Crippen LogP contribution in [0.1, 0.15) is 41.8 Å². The minimum Gasteiger partial charge on any atom is -0.462 e. The number of hydrogen-bond acceptors (Lipinski definition) is 3. The van der Waals surface area contributed by atoms with Gasteiger partial charge in [0.1, 0.15) is 6.29 Å². The van der Waals surface area contributed by atoms with E-state index in [0.717, 1.165) is 23.8 Å². The summed E-state index contributed by atoms with van der Waals surface area (Å²) in [5.74, 6) is -0.286. The van der Waals surface area contributed by atoms with Gasteiger partial charge in [0.2, 0.25) is 0 Å². The van der Waals surface area contributed by atoms with E-state index < -0.39 is 0 Å². The molecule has 0 aliphatic rings. The molecule has 0 unspecified atom stereocenters. The van der Waals surface area contributed by atoms with Gasteiger partial charge in [-0.25, -0.2) is 4.79 Å². The number of carbonyl (C=O) groups is 2. The monoisotopic (exact) mass is 234 g/mol. The van der Waals surface area contributed by atoms with Crippen molar-refractivity contribution >= 4 is 12.3 Å². The van der Waals surface area contributed by atoms with Crippen molar-refractivity contribution in [3.05, 3.63) is 34.9 Å². The molecule has 17 heavy (non-hydrogen) atoms. The summed E-state index contributed by atoms with van der Waals surface area (Å²) >= 11 is 0. The number of carbonyl (C=O) groups excluding carboxylic acids is 2. The lowest BCUT2D eigenvalue weighted by molar-refractivity contribution is -0.107. The molecule has 3 heteroatoms. The van der Waals surface area contributed by atoms with E-state index in [1.165, 1.54) is 0 Å². The van der Waals surface area contributed by atoms with Gasteiger partial charge in [-0.2, -0.15) is 0 Å². The van der Waals surface area contributed by atoms with E-state index in [0.29, 0.717) is 25.0 Å². The highest BCUT2D eigenvalue weighted by Crippen LogP contribution is 2.18. The van der Waals surface area contributed by atoms with Crippen molar-refractivity contribution in [2.45, 2.75) is 33.1 Å². The van der Waals surface area contributed by atoms with E-state index in [4.69, 9.17) is 4.74 Å². The second-order valence-corrected chi connectivity index (χ2v) is 3.73. The lowest BCUT2D eigenvalue weighted by Gasteiger charge is -2.12. The van der Waals surface area contributed by atoms with Crippen molar-refractivity contribution in [1.82, 2.24) is 0 Å². The van der Waals surface area contributed by atoms with Crippen LogP contribution in [-0.4, -0.2) is 18.9 Å². The lowest BCUT2D eigenvalue weighted by Crippen LogP contribution is -2.11. The Kier molecular flexibility index (Phi) is 5.40. The molecule has 0 aliphatic heterocycles. The Bertz CT molecular complexity index is 396. The van der Waals surface area contributed by atoms with Gasteiger partial charge in [-0.3, -0.25) is 0 Å². The zero-order valence-corrected chi connectivity index (χ0v) is 10.4. The quantitative estimate of drug-likeness (QED) is 0.561. The van der Waals surface area contributed by atoms with Crippen molar-refractivity contribution in [2.75, 3.05) is 6.61 Å². The van der Waals surface area contributed by atoms with Gasteiger partial charge in [0.15, 0.2) is 0 Å². The highest BCUT2D eigenvalue weighted by molar-refractivity contribution is 5.93. The van der Waals surface area contributed by atoms with Crippen molar-refractivity contribution in [2.24, 2.45) is 0 Å². The van der Waals surface area contributed by atoms with Crippen molar-refractivity contribution < 1.29 is 14.3 Å². The minimum atomic E-state index is -0.286. The molecule has 92 valence electrons. The van der Waals surface area contributed by atoms with Crippen LogP contribution in [-0.2, 0) is 22.4 Å². The maximum atomic E-state index is 11.9. The Balaban J connectivity index is 3.10. The molecule has 0 bridgehead atoms. The number of hydrogen-bond donors (Lipinski definition) is 0. The number of aryl methyl sites for hydroxylation is 2. The van der Waals surface area contributed by atoms with Crippen LogP contribution in [0.15, 0.2) is 18.2 Å². The number of esters is 1. The highest BCUT2D eigenvalue weighted by Gasteiger charge is 2.15. The van der Waals surface area contributed by atoms with E-state index >= 15 is 0 Å². The summed E-state index contributed by atoms with van der Waals surface area (Å²) in [6.07, 6.45) is 2.67. The average molecular weight is 234 g/mol. The predicted octanol–water partition coefficient (Wildman–Crippen LogP) is 2.56. The van der Waals surface area contributed by atoms with Gasteiger partial charge < -0.3 is 9.53 Å². The number of ether oxygens (including phenoxy) is 1. The van der Waals surface area contributed by atoms with Gasteiger partial charge in [-0.15, -0.1) is 0 Å². The van der Waals surface area contributed by atoms with Crippen LogP contribution in [0, 0.1) is 0 Å². The summed E-state index contributed by atoms with van der Waals surface area (Å²) in [6.45, 7) is 4.16. The number of rotatable bonds is 6. The molecule has 1 aromatic carbocycles. The Morgan fingerprint density at radius 3 is 2.59 bits per heavy atom. The summed E-state index contributed by atoms with van der Waals surface area (Å²) < 4.78 is 5.06. The molecule has 0 aromatic heterocycles. The average Bonchev–Trinajstić information content (AvgIpc) is 2.35. The summed E-state index contributed by atoms with van der Waals surface area (Å²) in [5.41, 5.74) is 2.51. The first-order valence-corrected chi connectivity index (χ1v) is 5.96. The van der Waals surface area contributed by atoms with E-state index in [2.05, 4.69) is 0 Å². The predicted molar refractivity (Wildman–Crippen MR) is 66.2 cm³/mol. The molecule has 1 rings (SSSR count). The number of aldehydes is 1. The molecule has 0 heterocycles. The summed E-state index contributed by atoms with van der Waals surface area (Å²) in [6, 6.07) is 5.73. The van der Waals surface area contributed by atoms with Crippen LogP contribution < -0.4 is 0 Å². The van der Waals surface area contributed by atoms with Crippen LogP contribution in [0.2, 0.25) is 0 Å². The van der Waals surface area contributed by atoms with Gasteiger partial charge in [-0.1, -0.05) is 25.1 Å². The Hall–Kier alpha value is -1.64. The molecule has 0 amide bonds. The Labute approximate surface area is 102 Å². The second kappa shape index (κ2) is 6.84. The molecule has 3 nitrogen and oxygen atoms in total. The first-order chi connectivity index (χ1) is 8.24. The van der Waals surface area contributed by atoms with Crippen LogP contribution in [0.25, 0.3) is 0 Å². The topological polar surface area (TPSA) is 43.4 Å². The third kappa shape index (κ3) is 3.41. The standard InChI is InChI=1S/C14H18O3/c1-3-11-7-5-8-12(9-6-10-15)13(11)14(16)17-4-2/h5,7-8,10H,3-4,6,9H2,1-2H3. The minimum absolute atomic E-state index is 0.286. The van der Waals surface area contributed by atoms with E-state index in [1.54, 1.807) is 6.92 Å². The SMILES string of the molecule is CCOC(=O)c1c(CC)cccc1CCC=O. The molecule has 0 radical (unpaired) electrons. The van der Waals surface area contributed by atoms with Crippen LogP contribution in [0.3, 0.4) is 0 Å². The summed E-state index contributed by atoms with van der Waals surface area (Å²) in [4.78, 5) is 22.3. The molecule has 0 N–H and O–H groups in total. The van der Waals surface area contributed by atoms with E-state index in [9.17, 15) is 9.59 Å². The lowest BCUT2D eigenvalue weighted by atomic mass is 9.96. The van der Waals surface area contributed by atoms with Crippen LogP contribution in [0.4, 0.5) is 0 Å². The third-order valence-electron chi connectivity index (χ3n) is 2.63. The largest absolute Gasteiger partial charge is 0.462 e. The molecule has 0 atom stereocenters. The molecule has 1 aromatic rings. The van der Waals surface area contributed by atoms with Crippen LogP contribution >= 0.6 is 0 Å². The van der Waals surface area contributed by atoms with Gasteiger partial charge in [-0.05, 0) is 30.9 Å². The van der Waals surface area contributed by atoms with Gasteiger partial charge in [0.05, 0.1) is 12.2 Å². The normalized spacial score (nSPS) is 10.0. The first-order valence-electron chi connectivity index (χ1n) is 5.96. The highest BCUT2D eigenvalue weighted by atomic mass is 16.5. The van der Waals surface area contributed by atoms with Gasteiger partial charge in [0, 0.05) is 6.42 Å². The smallest absolute Gasteiger partial charge is 0.338 e. The Morgan fingerprint density at radius 2 is 2.00 bits per heavy atom. The van der Waals surface area contributed by atoms with Gasteiger partial charge in [0.25, 0.3) is 0 Å². The fourth-order valence-corrected chi connectivity index (χ4v) is 1.84. The molecular weight excluding hydrogens is 216 g/mol. The molecule has 0 saturated heterocycles. The molecule has 0 aliphatic carbocycles. The fraction of sp³-hybridized carbons (Fsp3) is 0.429. The van der Waals surface area contributed by atoms with Crippen molar-refractivity contribution in [1.29, 1.82) is 0 Å². The zero-order valence-electron chi connectivity index (χ0n) is 10.4. The fourth-order valence-electron chi connectivity index (χ4n) is 1.84. The molecular formula is C14H18O3.